The predicted octanol–water partition coefficient (Wildman–Crippen LogP) is 2.15. The summed E-state index contributed by atoms with van der Waals surface area (Å²) < 4.78 is 5.33. The lowest BCUT2D eigenvalue weighted by Crippen LogP contribution is -2.32. The van der Waals surface area contributed by atoms with Crippen molar-refractivity contribution in [2.24, 2.45) is 0 Å². The van der Waals surface area contributed by atoms with Crippen molar-refractivity contribution in [1.29, 1.82) is 0 Å². The van der Waals surface area contributed by atoms with Gasteiger partial charge in [-0.05, 0) is 38.2 Å². The Bertz CT molecular complexity index is 463. The minimum absolute atomic E-state index is 0. The van der Waals surface area contributed by atoms with Crippen molar-refractivity contribution in [2.75, 3.05) is 33.8 Å². The molecule has 1 aromatic rings. The molecule has 6 heteroatoms. The summed E-state index contributed by atoms with van der Waals surface area (Å²) >= 11 is 0. The summed E-state index contributed by atoms with van der Waals surface area (Å²) in [5.74, 6) is 0.717. The first-order valence-corrected chi connectivity index (χ1v) is 7.23. The van der Waals surface area contributed by atoms with E-state index in [1.807, 2.05) is 14.0 Å². The predicted molar refractivity (Wildman–Crippen MR) is 90.0 cm³/mol. The summed E-state index contributed by atoms with van der Waals surface area (Å²) in [6.45, 7) is 3.90. The molecule has 1 N–H and O–H groups in total. The second-order valence-corrected chi connectivity index (χ2v) is 4.80. The third-order valence-corrected chi connectivity index (χ3v) is 3.18. The summed E-state index contributed by atoms with van der Waals surface area (Å²) in [4.78, 5) is 25.5. The van der Waals surface area contributed by atoms with Crippen LogP contribution in [0.4, 0.5) is 0 Å². The number of ketones is 1. The van der Waals surface area contributed by atoms with Crippen LogP contribution in [-0.2, 0) is 4.79 Å². The minimum Gasteiger partial charge on any atom is -0.494 e. The number of benzene rings is 1. The molecule has 5 nitrogen and oxygen atoms in total. The second kappa shape index (κ2) is 11.0. The Kier molecular flexibility index (Phi) is 10.2. The summed E-state index contributed by atoms with van der Waals surface area (Å²) in [5, 5.41) is 2.99. The SMILES string of the molecule is CCOc1ccc(C(=O)CCC(=O)N(C)CCNC)cc1.Cl. The van der Waals surface area contributed by atoms with Crippen LogP contribution in [0.1, 0.15) is 30.1 Å². The molecule has 1 amide bonds. The van der Waals surface area contributed by atoms with Crippen LogP contribution >= 0.6 is 12.4 Å². The molecule has 1 aromatic carbocycles. The number of nitrogens with zero attached hydrogens (tertiary/aromatic N) is 1. The van der Waals surface area contributed by atoms with Gasteiger partial charge in [-0.2, -0.15) is 0 Å². The van der Waals surface area contributed by atoms with Crippen LogP contribution in [0.15, 0.2) is 24.3 Å². The molecule has 0 saturated carbocycles. The molecule has 0 spiro atoms. The maximum atomic E-state index is 12.0. The highest BCUT2D eigenvalue weighted by Gasteiger charge is 2.12. The summed E-state index contributed by atoms with van der Waals surface area (Å²) in [7, 11) is 3.59. The number of hydrogen-bond donors (Lipinski definition) is 1. The van der Waals surface area contributed by atoms with Crippen molar-refractivity contribution in [1.82, 2.24) is 10.2 Å². The van der Waals surface area contributed by atoms with Gasteiger partial charge in [-0.3, -0.25) is 9.59 Å². The fraction of sp³-hybridized carbons (Fsp3) is 0.500. The molecule has 0 saturated heterocycles. The normalized spacial score (nSPS) is 9.77. The third-order valence-electron chi connectivity index (χ3n) is 3.18. The van der Waals surface area contributed by atoms with Crippen LogP contribution in [0.5, 0.6) is 5.75 Å². The maximum Gasteiger partial charge on any atom is 0.222 e. The van der Waals surface area contributed by atoms with Gasteiger partial charge in [-0.25, -0.2) is 0 Å². The van der Waals surface area contributed by atoms with E-state index in [4.69, 9.17) is 4.74 Å². The molecule has 0 aliphatic carbocycles. The maximum absolute atomic E-state index is 12.0. The molecule has 0 radical (unpaired) electrons. The number of rotatable bonds is 9. The fourth-order valence-corrected chi connectivity index (χ4v) is 1.86. The van der Waals surface area contributed by atoms with Crippen molar-refractivity contribution in [3.8, 4) is 5.75 Å². The Morgan fingerprint density at radius 3 is 2.36 bits per heavy atom. The quantitative estimate of drug-likeness (QED) is 0.706. The number of likely N-dealkylation sites (N-methyl/N-ethyl adjacent to an activating group) is 2. The lowest BCUT2D eigenvalue weighted by atomic mass is 10.1. The lowest BCUT2D eigenvalue weighted by Gasteiger charge is -2.16. The van der Waals surface area contributed by atoms with Gasteiger partial charge in [0.1, 0.15) is 5.75 Å². The lowest BCUT2D eigenvalue weighted by molar-refractivity contribution is -0.129. The van der Waals surface area contributed by atoms with Gasteiger partial charge in [0.05, 0.1) is 6.61 Å². The van der Waals surface area contributed by atoms with E-state index in [1.165, 1.54) is 0 Å². The van der Waals surface area contributed by atoms with E-state index >= 15 is 0 Å². The van der Waals surface area contributed by atoms with Gasteiger partial charge in [-0.15, -0.1) is 12.4 Å². The van der Waals surface area contributed by atoms with Crippen LogP contribution in [0, 0.1) is 0 Å². The standard InChI is InChI=1S/C16H24N2O3.ClH/c1-4-21-14-7-5-13(6-8-14)15(19)9-10-16(20)18(3)12-11-17-2;/h5-8,17H,4,9-12H2,1-3H3;1H. The highest BCUT2D eigenvalue weighted by Crippen LogP contribution is 2.14. The number of Topliss-reactive ketones (excluding diaryl/α,β-unsaturated/α-hetero) is 1. The molecule has 124 valence electrons. The third kappa shape index (κ3) is 6.91. The second-order valence-electron chi connectivity index (χ2n) is 4.80. The topological polar surface area (TPSA) is 58.6 Å². The molecule has 0 bridgehead atoms. The summed E-state index contributed by atoms with van der Waals surface area (Å²) in [6, 6.07) is 7.03. The highest BCUT2D eigenvalue weighted by molar-refractivity contribution is 5.98. The molecule has 0 atom stereocenters. The van der Waals surface area contributed by atoms with Gasteiger partial charge in [0.25, 0.3) is 0 Å². The van der Waals surface area contributed by atoms with E-state index in [1.54, 1.807) is 36.2 Å². The van der Waals surface area contributed by atoms with Gasteiger partial charge >= 0.3 is 0 Å². The average Bonchev–Trinajstić information content (AvgIpc) is 2.50. The minimum atomic E-state index is -0.0200. The monoisotopic (exact) mass is 328 g/mol. The van der Waals surface area contributed by atoms with E-state index in [9.17, 15) is 9.59 Å². The molecule has 0 aliphatic heterocycles. The largest absolute Gasteiger partial charge is 0.494 e. The summed E-state index contributed by atoms with van der Waals surface area (Å²) in [6.07, 6.45) is 0.475. The van der Waals surface area contributed by atoms with E-state index in [0.717, 1.165) is 12.3 Å². The van der Waals surface area contributed by atoms with Crippen LogP contribution in [0.3, 0.4) is 0 Å². The Hall–Kier alpha value is -1.59. The van der Waals surface area contributed by atoms with E-state index < -0.39 is 0 Å². The van der Waals surface area contributed by atoms with Crippen molar-refractivity contribution in [2.45, 2.75) is 19.8 Å². The Morgan fingerprint density at radius 2 is 1.82 bits per heavy atom. The van der Waals surface area contributed by atoms with Crippen LogP contribution in [0.2, 0.25) is 0 Å². The molecule has 0 heterocycles. The number of nitrogens with one attached hydrogen (secondary N) is 1. The number of halogens is 1. The number of carbonyl (C=O) groups is 2. The average molecular weight is 329 g/mol. The van der Waals surface area contributed by atoms with Crippen molar-refractivity contribution in [3.05, 3.63) is 29.8 Å². The summed E-state index contributed by atoms with van der Waals surface area (Å²) in [5.41, 5.74) is 0.615. The molecular weight excluding hydrogens is 304 g/mol. The molecule has 0 aromatic heterocycles. The van der Waals surface area contributed by atoms with Gasteiger partial charge in [-0.1, -0.05) is 0 Å². The molecule has 0 aliphatic rings. The number of ether oxygens (including phenoxy) is 1. The van der Waals surface area contributed by atoms with E-state index in [0.29, 0.717) is 18.7 Å². The number of hydrogen-bond acceptors (Lipinski definition) is 4. The van der Waals surface area contributed by atoms with Gasteiger partial charge < -0.3 is 15.0 Å². The highest BCUT2D eigenvalue weighted by atomic mass is 35.5. The first kappa shape index (κ1) is 20.4. The molecular formula is C16H25ClN2O3. The Balaban J connectivity index is 0.00000441. The van der Waals surface area contributed by atoms with Gasteiger partial charge in [0.2, 0.25) is 5.91 Å². The van der Waals surface area contributed by atoms with E-state index in [-0.39, 0.29) is 36.9 Å². The first-order valence-electron chi connectivity index (χ1n) is 7.23. The van der Waals surface area contributed by atoms with Crippen molar-refractivity contribution < 1.29 is 14.3 Å². The van der Waals surface area contributed by atoms with E-state index in [2.05, 4.69) is 5.32 Å². The first-order chi connectivity index (χ1) is 10.1. The van der Waals surface area contributed by atoms with Crippen LogP contribution in [0.25, 0.3) is 0 Å². The number of carbonyl (C=O) groups excluding carboxylic acids is 2. The van der Waals surface area contributed by atoms with Crippen LogP contribution in [-0.4, -0.2) is 50.4 Å². The van der Waals surface area contributed by atoms with Gasteiger partial charge in [0, 0.05) is 38.5 Å². The Labute approximate surface area is 138 Å². The Morgan fingerprint density at radius 1 is 1.18 bits per heavy atom. The molecule has 1 rings (SSSR count). The van der Waals surface area contributed by atoms with Gasteiger partial charge in [0.15, 0.2) is 5.78 Å². The zero-order chi connectivity index (χ0) is 15.7. The molecule has 0 fully saturated rings. The zero-order valence-corrected chi connectivity index (χ0v) is 14.2. The fourth-order valence-electron chi connectivity index (χ4n) is 1.86. The van der Waals surface area contributed by atoms with Crippen LogP contribution < -0.4 is 10.1 Å². The smallest absolute Gasteiger partial charge is 0.222 e. The zero-order valence-electron chi connectivity index (χ0n) is 13.4. The van der Waals surface area contributed by atoms with Crippen molar-refractivity contribution in [3.63, 3.8) is 0 Å². The molecule has 0 unspecified atom stereocenters. The number of amides is 1. The van der Waals surface area contributed by atoms with Crippen molar-refractivity contribution >= 4 is 24.1 Å². The molecule has 22 heavy (non-hydrogen) atoms.